The van der Waals surface area contributed by atoms with Crippen molar-refractivity contribution in [2.45, 2.75) is 12.8 Å². The van der Waals surface area contributed by atoms with Crippen molar-refractivity contribution in [3.8, 4) is 5.75 Å². The van der Waals surface area contributed by atoms with Crippen LogP contribution in [0.5, 0.6) is 5.75 Å². The number of methoxy groups -OCH3 is 1. The van der Waals surface area contributed by atoms with Gasteiger partial charge in [-0.15, -0.1) is 0 Å². The number of benzene rings is 2. The van der Waals surface area contributed by atoms with Crippen LogP contribution in [0.3, 0.4) is 0 Å². The SMILES string of the molecule is COc1cc([N+](=O)[O-])cc2sc(NC(=O)c3ccc(N4CCCC4)c([N+](=O)[O-])c3)nc12. The maximum absolute atomic E-state index is 12.7. The molecule has 1 saturated heterocycles. The molecule has 1 amide bonds. The minimum absolute atomic E-state index is 0.117. The molecule has 1 aliphatic heterocycles. The van der Waals surface area contributed by atoms with Gasteiger partial charge in [0.1, 0.15) is 11.2 Å². The number of ether oxygens (including phenoxy) is 1. The second kappa shape index (κ2) is 8.14. The normalized spacial score (nSPS) is 13.4. The number of anilines is 2. The lowest BCUT2D eigenvalue weighted by atomic mass is 10.1. The first-order valence-corrected chi connectivity index (χ1v) is 10.2. The van der Waals surface area contributed by atoms with E-state index in [4.69, 9.17) is 4.74 Å². The van der Waals surface area contributed by atoms with E-state index in [1.165, 1.54) is 31.4 Å². The average molecular weight is 443 g/mol. The van der Waals surface area contributed by atoms with Crippen LogP contribution in [0.2, 0.25) is 0 Å². The van der Waals surface area contributed by atoms with Crippen molar-refractivity contribution in [1.29, 1.82) is 0 Å². The van der Waals surface area contributed by atoms with Crippen LogP contribution in [0.15, 0.2) is 30.3 Å². The number of thiazole rings is 1. The number of rotatable bonds is 6. The van der Waals surface area contributed by atoms with E-state index in [2.05, 4.69) is 10.3 Å². The summed E-state index contributed by atoms with van der Waals surface area (Å²) < 4.78 is 5.64. The fourth-order valence-corrected chi connectivity index (χ4v) is 4.42. The number of nitro benzene ring substituents is 2. The zero-order valence-corrected chi connectivity index (χ0v) is 17.2. The summed E-state index contributed by atoms with van der Waals surface area (Å²) in [6.45, 7) is 1.48. The van der Waals surface area contributed by atoms with Gasteiger partial charge in [0.05, 0.1) is 27.7 Å². The van der Waals surface area contributed by atoms with E-state index in [0.29, 0.717) is 15.9 Å². The van der Waals surface area contributed by atoms with Gasteiger partial charge in [0, 0.05) is 30.8 Å². The molecule has 160 valence electrons. The Morgan fingerprint density at radius 2 is 1.90 bits per heavy atom. The third-order valence-corrected chi connectivity index (χ3v) is 5.89. The lowest BCUT2D eigenvalue weighted by molar-refractivity contribution is -0.384. The largest absolute Gasteiger partial charge is 0.494 e. The first-order chi connectivity index (χ1) is 14.9. The Kier molecular flexibility index (Phi) is 5.38. The lowest BCUT2D eigenvalue weighted by Gasteiger charge is -2.17. The summed E-state index contributed by atoms with van der Waals surface area (Å²) >= 11 is 1.05. The molecule has 0 radical (unpaired) electrons. The average Bonchev–Trinajstić information content (AvgIpc) is 3.42. The summed E-state index contributed by atoms with van der Waals surface area (Å²) in [5.74, 6) is -0.352. The third-order valence-electron chi connectivity index (χ3n) is 4.98. The van der Waals surface area contributed by atoms with E-state index in [1.807, 2.05) is 4.90 Å². The predicted octanol–water partition coefficient (Wildman–Crippen LogP) is 3.97. The van der Waals surface area contributed by atoms with Crippen molar-refractivity contribution in [3.63, 3.8) is 0 Å². The topological polar surface area (TPSA) is 141 Å². The zero-order valence-electron chi connectivity index (χ0n) is 16.4. The van der Waals surface area contributed by atoms with Crippen LogP contribution in [0.4, 0.5) is 22.2 Å². The number of nitro groups is 2. The van der Waals surface area contributed by atoms with Crippen LogP contribution in [-0.4, -0.2) is 40.9 Å². The van der Waals surface area contributed by atoms with E-state index in [9.17, 15) is 25.0 Å². The molecule has 3 aromatic rings. The molecule has 0 atom stereocenters. The van der Waals surface area contributed by atoms with Crippen molar-refractivity contribution < 1.29 is 19.4 Å². The summed E-state index contributed by atoms with van der Waals surface area (Å²) in [6, 6.07) is 6.98. The van der Waals surface area contributed by atoms with Gasteiger partial charge in [-0.05, 0) is 25.0 Å². The third kappa shape index (κ3) is 3.97. The number of aromatic nitrogens is 1. The molecule has 2 aromatic carbocycles. The molecule has 11 nitrogen and oxygen atoms in total. The smallest absolute Gasteiger partial charge is 0.293 e. The molecular formula is C19H17N5O6S. The zero-order chi connectivity index (χ0) is 22.1. The minimum Gasteiger partial charge on any atom is -0.494 e. The Bertz CT molecular complexity index is 1200. The summed E-state index contributed by atoms with van der Waals surface area (Å²) in [5.41, 5.74) is 0.710. The molecule has 1 N–H and O–H groups in total. The molecular weight excluding hydrogens is 426 g/mol. The van der Waals surface area contributed by atoms with Gasteiger partial charge < -0.3 is 9.64 Å². The van der Waals surface area contributed by atoms with E-state index >= 15 is 0 Å². The van der Waals surface area contributed by atoms with Crippen LogP contribution in [0.25, 0.3) is 10.2 Å². The van der Waals surface area contributed by atoms with Gasteiger partial charge in [-0.1, -0.05) is 11.3 Å². The van der Waals surface area contributed by atoms with Gasteiger partial charge in [-0.25, -0.2) is 4.98 Å². The van der Waals surface area contributed by atoms with Crippen LogP contribution < -0.4 is 15.0 Å². The number of carbonyl (C=O) groups excluding carboxylic acids is 1. The molecule has 0 saturated carbocycles. The van der Waals surface area contributed by atoms with Crippen molar-refractivity contribution in [2.24, 2.45) is 0 Å². The maximum atomic E-state index is 12.7. The monoisotopic (exact) mass is 443 g/mol. The van der Waals surface area contributed by atoms with Gasteiger partial charge in [0.15, 0.2) is 10.9 Å². The summed E-state index contributed by atoms with van der Waals surface area (Å²) in [7, 11) is 1.37. The van der Waals surface area contributed by atoms with Gasteiger partial charge in [-0.3, -0.25) is 30.3 Å². The fourth-order valence-electron chi connectivity index (χ4n) is 3.51. The van der Waals surface area contributed by atoms with Crippen LogP contribution in [0, 0.1) is 20.2 Å². The minimum atomic E-state index is -0.566. The molecule has 1 aliphatic rings. The van der Waals surface area contributed by atoms with Crippen LogP contribution >= 0.6 is 11.3 Å². The highest BCUT2D eigenvalue weighted by atomic mass is 32.1. The molecule has 1 fully saturated rings. The molecule has 0 aliphatic carbocycles. The Morgan fingerprint density at radius 3 is 2.55 bits per heavy atom. The van der Waals surface area contributed by atoms with Crippen LogP contribution in [0.1, 0.15) is 23.2 Å². The summed E-state index contributed by atoms with van der Waals surface area (Å²) in [6.07, 6.45) is 1.94. The molecule has 0 bridgehead atoms. The highest BCUT2D eigenvalue weighted by Crippen LogP contribution is 2.37. The van der Waals surface area contributed by atoms with Gasteiger partial charge in [0.2, 0.25) is 0 Å². The fraction of sp³-hybridized carbons (Fsp3) is 0.263. The summed E-state index contributed by atoms with van der Waals surface area (Å²) in [5, 5.41) is 25.5. The Hall–Kier alpha value is -3.80. The van der Waals surface area contributed by atoms with Crippen molar-refractivity contribution in [1.82, 2.24) is 4.98 Å². The Balaban J connectivity index is 1.63. The number of hydrogen-bond donors (Lipinski definition) is 1. The first-order valence-electron chi connectivity index (χ1n) is 9.35. The molecule has 12 heteroatoms. The quantitative estimate of drug-likeness (QED) is 0.445. The number of nitrogens with zero attached hydrogens (tertiary/aromatic N) is 4. The van der Waals surface area contributed by atoms with E-state index < -0.39 is 15.8 Å². The van der Waals surface area contributed by atoms with Crippen molar-refractivity contribution in [2.75, 3.05) is 30.4 Å². The maximum Gasteiger partial charge on any atom is 0.293 e. The molecule has 2 heterocycles. The number of fused-ring (bicyclic) bond motifs is 1. The molecule has 1 aromatic heterocycles. The van der Waals surface area contributed by atoms with Crippen molar-refractivity contribution in [3.05, 3.63) is 56.1 Å². The van der Waals surface area contributed by atoms with Gasteiger partial charge in [0.25, 0.3) is 17.3 Å². The highest BCUT2D eigenvalue weighted by Gasteiger charge is 2.24. The van der Waals surface area contributed by atoms with E-state index in [-0.39, 0.29) is 27.8 Å². The standard InChI is InChI=1S/C19H17N5O6S/c1-30-15-9-12(23(26)27)10-16-17(15)20-19(31-16)21-18(25)11-4-5-13(14(8-11)24(28)29)22-6-2-3-7-22/h4-5,8-10H,2-3,6-7H2,1H3,(H,20,21,25). The first kappa shape index (κ1) is 20.5. The second-order valence-electron chi connectivity index (χ2n) is 6.88. The van der Waals surface area contributed by atoms with Crippen molar-refractivity contribution >= 4 is 49.7 Å². The molecule has 31 heavy (non-hydrogen) atoms. The van der Waals surface area contributed by atoms with Gasteiger partial charge in [-0.2, -0.15) is 0 Å². The van der Waals surface area contributed by atoms with Gasteiger partial charge >= 0.3 is 0 Å². The number of carbonyl (C=O) groups is 1. The van der Waals surface area contributed by atoms with Crippen LogP contribution in [-0.2, 0) is 0 Å². The number of amides is 1. The lowest BCUT2D eigenvalue weighted by Crippen LogP contribution is -2.19. The molecule has 0 spiro atoms. The molecule has 0 unspecified atom stereocenters. The van der Waals surface area contributed by atoms with E-state index in [1.54, 1.807) is 6.07 Å². The number of non-ortho nitro benzene ring substituents is 1. The number of hydrogen-bond acceptors (Lipinski definition) is 9. The highest BCUT2D eigenvalue weighted by molar-refractivity contribution is 7.22. The van der Waals surface area contributed by atoms with E-state index in [0.717, 1.165) is 37.3 Å². The predicted molar refractivity (Wildman–Crippen MR) is 115 cm³/mol. The Labute approximate surface area is 179 Å². The molecule has 4 rings (SSSR count). The summed E-state index contributed by atoms with van der Waals surface area (Å²) in [4.78, 5) is 40.5. The number of nitrogens with one attached hydrogen (secondary N) is 1. The second-order valence-corrected chi connectivity index (χ2v) is 7.91. The Morgan fingerprint density at radius 1 is 1.16 bits per heavy atom.